The van der Waals surface area contributed by atoms with Crippen LogP contribution in [0.2, 0.25) is 0 Å². The predicted octanol–water partition coefficient (Wildman–Crippen LogP) is 1.36. The van der Waals surface area contributed by atoms with Crippen molar-refractivity contribution in [3.8, 4) is 0 Å². The Hall–Kier alpha value is -1.18. The summed E-state index contributed by atoms with van der Waals surface area (Å²) in [5.41, 5.74) is 0.921. The average molecular weight is 312 g/mol. The third-order valence-electron chi connectivity index (χ3n) is 3.62. The number of carbonyl (C=O) groups excluding carboxylic acids is 1. The molecule has 1 aliphatic heterocycles. The molecule has 0 aromatic carbocycles. The Morgan fingerprint density at radius 2 is 2.14 bits per heavy atom. The molecule has 2 heterocycles. The van der Waals surface area contributed by atoms with Gasteiger partial charge >= 0.3 is 6.03 Å². The van der Waals surface area contributed by atoms with E-state index in [1.54, 1.807) is 11.3 Å². The Kier molecular flexibility index (Phi) is 5.55. The van der Waals surface area contributed by atoms with Crippen LogP contribution >= 0.6 is 11.3 Å². The molecule has 0 atom stereocenters. The number of thiazole rings is 1. The van der Waals surface area contributed by atoms with Crippen LogP contribution in [0.25, 0.3) is 0 Å². The maximum Gasteiger partial charge on any atom is 0.315 e. The second-order valence-corrected chi connectivity index (χ2v) is 6.77. The molecule has 2 amide bonds. The summed E-state index contributed by atoms with van der Waals surface area (Å²) in [5, 5.41) is 8.69. The van der Waals surface area contributed by atoms with Crippen molar-refractivity contribution in [2.24, 2.45) is 0 Å². The summed E-state index contributed by atoms with van der Waals surface area (Å²) in [6.07, 6.45) is 0. The first kappa shape index (κ1) is 16.2. The first-order valence-electron chi connectivity index (χ1n) is 7.23. The van der Waals surface area contributed by atoms with Gasteiger partial charge in [0, 0.05) is 36.2 Å². The van der Waals surface area contributed by atoms with Crippen LogP contribution < -0.4 is 10.6 Å². The first-order chi connectivity index (χ1) is 9.97. The fraction of sp³-hybridized carbons (Fsp3) is 0.714. The van der Waals surface area contributed by atoms with Crippen LogP contribution in [0.4, 0.5) is 4.79 Å². The first-order valence-corrected chi connectivity index (χ1v) is 8.11. The van der Waals surface area contributed by atoms with Crippen molar-refractivity contribution >= 4 is 17.4 Å². The largest absolute Gasteiger partial charge is 0.379 e. The molecule has 1 aromatic heterocycles. The van der Waals surface area contributed by atoms with E-state index in [2.05, 4.69) is 34.4 Å². The van der Waals surface area contributed by atoms with Crippen LogP contribution in [0.3, 0.4) is 0 Å². The molecular weight excluding hydrogens is 288 g/mol. The van der Waals surface area contributed by atoms with Crippen LogP contribution in [-0.4, -0.2) is 54.3 Å². The molecule has 0 unspecified atom stereocenters. The van der Waals surface area contributed by atoms with E-state index in [9.17, 15) is 4.79 Å². The van der Waals surface area contributed by atoms with E-state index in [0.717, 1.165) is 37.0 Å². The van der Waals surface area contributed by atoms with Crippen molar-refractivity contribution in [2.45, 2.75) is 32.9 Å². The number of nitrogens with one attached hydrogen (secondary N) is 2. The standard InChI is InChI=1S/C14H24N4O2S/c1-11-9-21-12(17-11)8-15-13(19)16-10-14(2,3)18-4-6-20-7-5-18/h9H,4-8,10H2,1-3H3,(H2,15,16,19). The van der Waals surface area contributed by atoms with Gasteiger partial charge in [-0.1, -0.05) is 0 Å². The van der Waals surface area contributed by atoms with Gasteiger partial charge in [-0.3, -0.25) is 4.90 Å². The van der Waals surface area contributed by atoms with Gasteiger partial charge in [0.05, 0.1) is 19.8 Å². The molecule has 2 N–H and O–H groups in total. The topological polar surface area (TPSA) is 66.5 Å². The molecule has 7 heteroatoms. The van der Waals surface area contributed by atoms with Crippen LogP contribution in [0.1, 0.15) is 24.5 Å². The fourth-order valence-electron chi connectivity index (χ4n) is 2.28. The number of nitrogens with zero attached hydrogens (tertiary/aromatic N) is 2. The summed E-state index contributed by atoms with van der Waals surface area (Å²) in [4.78, 5) is 18.5. The molecule has 0 aliphatic carbocycles. The van der Waals surface area contributed by atoms with Gasteiger partial charge in [0.15, 0.2) is 0 Å². The molecule has 1 aliphatic rings. The Bertz CT molecular complexity index is 469. The zero-order chi connectivity index (χ0) is 15.3. The lowest BCUT2D eigenvalue weighted by atomic mass is 10.0. The van der Waals surface area contributed by atoms with Gasteiger partial charge in [-0.2, -0.15) is 0 Å². The SMILES string of the molecule is Cc1csc(CNC(=O)NCC(C)(C)N2CCOCC2)n1. The van der Waals surface area contributed by atoms with E-state index in [1.807, 2.05) is 12.3 Å². The quantitative estimate of drug-likeness (QED) is 0.861. The van der Waals surface area contributed by atoms with E-state index in [0.29, 0.717) is 13.1 Å². The summed E-state index contributed by atoms with van der Waals surface area (Å²) in [7, 11) is 0. The van der Waals surface area contributed by atoms with Gasteiger partial charge < -0.3 is 15.4 Å². The third-order valence-corrected chi connectivity index (χ3v) is 4.58. The average Bonchev–Trinajstić information content (AvgIpc) is 2.90. The number of amides is 2. The van der Waals surface area contributed by atoms with Crippen LogP contribution in [0.5, 0.6) is 0 Å². The van der Waals surface area contributed by atoms with E-state index in [-0.39, 0.29) is 11.6 Å². The van der Waals surface area contributed by atoms with E-state index < -0.39 is 0 Å². The second kappa shape index (κ2) is 7.20. The normalized spacial score (nSPS) is 16.7. The van der Waals surface area contributed by atoms with E-state index in [1.165, 1.54) is 0 Å². The number of hydrogen-bond donors (Lipinski definition) is 2. The van der Waals surface area contributed by atoms with Crippen molar-refractivity contribution in [3.63, 3.8) is 0 Å². The van der Waals surface area contributed by atoms with Gasteiger partial charge in [0.25, 0.3) is 0 Å². The fourth-order valence-corrected chi connectivity index (χ4v) is 2.99. The molecule has 0 radical (unpaired) electrons. The summed E-state index contributed by atoms with van der Waals surface area (Å²) in [5.74, 6) is 0. The monoisotopic (exact) mass is 312 g/mol. The van der Waals surface area contributed by atoms with Crippen LogP contribution in [0, 0.1) is 6.92 Å². The molecule has 0 bridgehead atoms. The third kappa shape index (κ3) is 4.94. The van der Waals surface area contributed by atoms with Crippen molar-refractivity contribution in [1.29, 1.82) is 0 Å². The van der Waals surface area contributed by atoms with Crippen molar-refractivity contribution in [3.05, 3.63) is 16.1 Å². The van der Waals surface area contributed by atoms with Gasteiger partial charge in [0.2, 0.25) is 0 Å². The number of ether oxygens (including phenoxy) is 1. The van der Waals surface area contributed by atoms with Gasteiger partial charge in [0.1, 0.15) is 5.01 Å². The molecule has 1 fully saturated rings. The number of morpholine rings is 1. The highest BCUT2D eigenvalue weighted by Crippen LogP contribution is 2.15. The van der Waals surface area contributed by atoms with Gasteiger partial charge in [-0.25, -0.2) is 9.78 Å². The smallest absolute Gasteiger partial charge is 0.315 e. The number of aromatic nitrogens is 1. The number of hydrogen-bond acceptors (Lipinski definition) is 5. The molecule has 2 rings (SSSR count). The molecular formula is C14H24N4O2S. The molecule has 6 nitrogen and oxygen atoms in total. The Labute approximate surface area is 129 Å². The maximum atomic E-state index is 11.9. The predicted molar refractivity (Wildman–Crippen MR) is 83.6 cm³/mol. The minimum Gasteiger partial charge on any atom is -0.379 e. The number of urea groups is 1. The Balaban J connectivity index is 1.72. The minimum absolute atomic E-state index is 0.0705. The second-order valence-electron chi connectivity index (χ2n) is 5.83. The highest BCUT2D eigenvalue weighted by Gasteiger charge is 2.28. The summed E-state index contributed by atoms with van der Waals surface area (Å²) < 4.78 is 5.36. The molecule has 21 heavy (non-hydrogen) atoms. The number of carbonyl (C=O) groups is 1. The lowest BCUT2D eigenvalue weighted by Crippen LogP contribution is -2.56. The molecule has 1 saturated heterocycles. The number of rotatable bonds is 5. The van der Waals surface area contributed by atoms with Crippen LogP contribution in [0.15, 0.2) is 5.38 Å². The zero-order valence-corrected chi connectivity index (χ0v) is 13.8. The Morgan fingerprint density at radius 1 is 1.43 bits per heavy atom. The van der Waals surface area contributed by atoms with E-state index >= 15 is 0 Å². The van der Waals surface area contributed by atoms with E-state index in [4.69, 9.17) is 4.74 Å². The van der Waals surface area contributed by atoms with Crippen LogP contribution in [-0.2, 0) is 11.3 Å². The van der Waals surface area contributed by atoms with Gasteiger partial charge in [-0.05, 0) is 20.8 Å². The Morgan fingerprint density at radius 3 is 2.76 bits per heavy atom. The van der Waals surface area contributed by atoms with Crippen molar-refractivity contribution in [2.75, 3.05) is 32.8 Å². The summed E-state index contributed by atoms with van der Waals surface area (Å²) >= 11 is 1.56. The minimum atomic E-state index is -0.149. The molecule has 1 aromatic rings. The maximum absolute atomic E-state index is 11.9. The highest BCUT2D eigenvalue weighted by atomic mass is 32.1. The lowest BCUT2D eigenvalue weighted by molar-refractivity contribution is -0.00874. The highest BCUT2D eigenvalue weighted by molar-refractivity contribution is 7.09. The number of aryl methyl sites for hydroxylation is 1. The molecule has 0 spiro atoms. The lowest BCUT2D eigenvalue weighted by Gasteiger charge is -2.40. The summed E-state index contributed by atoms with van der Waals surface area (Å²) in [6, 6.07) is -0.149. The molecule has 0 saturated carbocycles. The molecule has 118 valence electrons. The van der Waals surface area contributed by atoms with Crippen molar-refractivity contribution < 1.29 is 9.53 Å². The zero-order valence-electron chi connectivity index (χ0n) is 12.9. The van der Waals surface area contributed by atoms with Gasteiger partial charge in [-0.15, -0.1) is 11.3 Å². The summed E-state index contributed by atoms with van der Waals surface area (Å²) in [6.45, 7) is 10.7. The van der Waals surface area contributed by atoms with Crippen molar-refractivity contribution in [1.82, 2.24) is 20.5 Å².